The van der Waals surface area contributed by atoms with Crippen LogP contribution in [0.15, 0.2) is 0 Å². The molecule has 5 aliphatic rings. The third-order valence-electron chi connectivity index (χ3n) is 11.6. The number of fused-ring (bicyclic) bond motifs is 4. The second-order valence-electron chi connectivity index (χ2n) is 13.6. The average molecular weight is 583 g/mol. The predicted octanol–water partition coefficient (Wildman–Crippen LogP) is 0.0818. The third-order valence-corrected chi connectivity index (χ3v) is 11.6. The Labute approximate surface area is 236 Å². The number of carbonyl (C=O) groups excluding carboxylic acids is 5. The van der Waals surface area contributed by atoms with Crippen LogP contribution in [0.5, 0.6) is 0 Å². The zero-order chi connectivity index (χ0) is 30.7. The van der Waals surface area contributed by atoms with Crippen LogP contribution in [0, 0.1) is 21.7 Å². The predicted molar refractivity (Wildman–Crippen MR) is 133 cm³/mol. The molecule has 0 radical (unpaired) electrons. The summed E-state index contributed by atoms with van der Waals surface area (Å²) in [5.41, 5.74) is -7.41. The van der Waals surface area contributed by atoms with Gasteiger partial charge in [-0.05, 0) is 39.5 Å². The quantitative estimate of drug-likeness (QED) is 0.292. The van der Waals surface area contributed by atoms with Gasteiger partial charge in [0.2, 0.25) is 11.2 Å². The SMILES string of the molecule is CC(=O)OC1[C@H](OC(=O)[C@]23CC[C@](C)(C(=O)O2)C3(C)C)[C@H](O)C(O)[C@H](O)[C@H]1OC(=O)[C@@]12CC[C@@](C)(C(=O)O1)C2(C)C. The fraction of sp³-hybridized carbons (Fsp3) is 0.821. The van der Waals surface area contributed by atoms with E-state index in [4.69, 9.17) is 23.7 Å². The largest absolute Gasteiger partial charge is 0.454 e. The minimum Gasteiger partial charge on any atom is -0.454 e. The van der Waals surface area contributed by atoms with Crippen molar-refractivity contribution in [2.24, 2.45) is 21.7 Å². The Bertz CT molecular complexity index is 1140. The van der Waals surface area contributed by atoms with Crippen molar-refractivity contribution >= 4 is 29.8 Å². The average Bonchev–Trinajstić information content (AvgIpc) is 3.35. The molecule has 2 heterocycles. The van der Waals surface area contributed by atoms with Crippen LogP contribution in [0.1, 0.15) is 74.1 Å². The molecule has 3 N–H and O–H groups in total. The van der Waals surface area contributed by atoms with E-state index in [1.807, 2.05) is 0 Å². The van der Waals surface area contributed by atoms with Crippen LogP contribution < -0.4 is 0 Å². The highest BCUT2D eigenvalue weighted by molar-refractivity contribution is 5.94. The molecule has 13 heteroatoms. The van der Waals surface area contributed by atoms with E-state index in [1.54, 1.807) is 41.5 Å². The van der Waals surface area contributed by atoms with Gasteiger partial charge >= 0.3 is 29.8 Å². The first kappa shape index (κ1) is 29.7. The summed E-state index contributed by atoms with van der Waals surface area (Å²) in [5.74, 6) is -4.16. The molecule has 5 fully saturated rings. The number of hydrogen-bond donors (Lipinski definition) is 3. The van der Waals surface area contributed by atoms with E-state index in [1.165, 1.54) is 0 Å². The molecule has 13 nitrogen and oxygen atoms in total. The zero-order valence-electron chi connectivity index (χ0n) is 24.2. The number of hydrogen-bond acceptors (Lipinski definition) is 13. The standard InChI is InChI=1S/C28H38O13/c1-12(29)37-18-16(38-21(35)27-10-8-25(6,19(33)40-27)23(27,2)3)14(31)13(30)15(32)17(18)39-22(36)28-11-9-26(7,20(34)41-28)24(28,4)5/h13-18,30-32H,8-11H2,1-7H3/t13?,14-,15+,16-,17-,18?,25-,26+,27+,28-/m1/s1. The van der Waals surface area contributed by atoms with Crippen molar-refractivity contribution in [2.45, 2.75) is 122 Å². The summed E-state index contributed by atoms with van der Waals surface area (Å²) in [6.45, 7) is 11.2. The molecule has 3 aliphatic carbocycles. The van der Waals surface area contributed by atoms with Crippen molar-refractivity contribution in [2.75, 3.05) is 0 Å². The number of esters is 5. The van der Waals surface area contributed by atoms with Crippen LogP contribution in [0.25, 0.3) is 0 Å². The fourth-order valence-corrected chi connectivity index (χ4v) is 7.61. The third kappa shape index (κ3) is 3.36. The topological polar surface area (TPSA) is 192 Å². The molecule has 228 valence electrons. The maximum Gasteiger partial charge on any atom is 0.351 e. The first-order chi connectivity index (χ1) is 18.7. The summed E-state index contributed by atoms with van der Waals surface area (Å²) in [7, 11) is 0. The highest BCUT2D eigenvalue weighted by Crippen LogP contribution is 2.67. The smallest absolute Gasteiger partial charge is 0.351 e. The Balaban J connectivity index is 1.47. The molecule has 3 saturated carbocycles. The van der Waals surface area contributed by atoms with Gasteiger partial charge in [0.05, 0.1) is 10.8 Å². The highest BCUT2D eigenvalue weighted by atomic mass is 16.7. The Hall–Kier alpha value is -2.77. The van der Waals surface area contributed by atoms with Crippen LogP contribution in [0.2, 0.25) is 0 Å². The zero-order valence-corrected chi connectivity index (χ0v) is 24.2. The molecule has 0 aromatic rings. The molecule has 2 unspecified atom stereocenters. The number of aliphatic hydroxyl groups is 3. The molecule has 4 bridgehead atoms. The summed E-state index contributed by atoms with van der Waals surface area (Å²) in [6.07, 6.45) is -10.5. The molecule has 2 saturated heterocycles. The van der Waals surface area contributed by atoms with E-state index < -0.39 is 99.3 Å². The monoisotopic (exact) mass is 582 g/mol. The van der Waals surface area contributed by atoms with Crippen LogP contribution in [-0.2, 0) is 47.7 Å². The van der Waals surface area contributed by atoms with Crippen LogP contribution >= 0.6 is 0 Å². The molecule has 41 heavy (non-hydrogen) atoms. The van der Waals surface area contributed by atoms with Gasteiger partial charge in [-0.2, -0.15) is 0 Å². The molecular weight excluding hydrogens is 544 g/mol. The van der Waals surface area contributed by atoms with Crippen molar-refractivity contribution in [1.82, 2.24) is 0 Å². The van der Waals surface area contributed by atoms with Crippen LogP contribution in [0.3, 0.4) is 0 Å². The van der Waals surface area contributed by atoms with E-state index in [9.17, 15) is 39.3 Å². The molecule has 10 atom stereocenters. The molecule has 0 amide bonds. The number of rotatable bonds is 5. The lowest BCUT2D eigenvalue weighted by molar-refractivity contribution is -0.257. The van der Waals surface area contributed by atoms with Crippen molar-refractivity contribution in [3.8, 4) is 0 Å². The van der Waals surface area contributed by atoms with Gasteiger partial charge in [0, 0.05) is 17.8 Å². The number of ether oxygens (including phenoxy) is 5. The minimum atomic E-state index is -2.01. The molecular formula is C28H38O13. The Kier molecular flexibility index (Phi) is 6.26. The minimum absolute atomic E-state index is 0.132. The lowest BCUT2D eigenvalue weighted by Gasteiger charge is -2.46. The second kappa shape index (κ2) is 8.63. The normalized spacial score (nSPS) is 47.0. The van der Waals surface area contributed by atoms with Gasteiger partial charge in [-0.1, -0.05) is 27.7 Å². The summed E-state index contributed by atoms with van der Waals surface area (Å²) in [5, 5.41) is 32.5. The summed E-state index contributed by atoms with van der Waals surface area (Å²) < 4.78 is 27.7. The van der Waals surface area contributed by atoms with Gasteiger partial charge < -0.3 is 39.0 Å². The first-order valence-electron chi connectivity index (χ1n) is 13.8. The van der Waals surface area contributed by atoms with Gasteiger partial charge in [-0.15, -0.1) is 0 Å². The van der Waals surface area contributed by atoms with Gasteiger partial charge in [-0.3, -0.25) is 14.4 Å². The van der Waals surface area contributed by atoms with Gasteiger partial charge in [0.15, 0.2) is 18.3 Å². The van der Waals surface area contributed by atoms with E-state index in [0.29, 0.717) is 12.8 Å². The van der Waals surface area contributed by atoms with E-state index in [-0.39, 0.29) is 12.8 Å². The summed E-state index contributed by atoms with van der Waals surface area (Å²) in [6, 6.07) is 0. The van der Waals surface area contributed by atoms with E-state index >= 15 is 0 Å². The van der Waals surface area contributed by atoms with E-state index in [2.05, 4.69) is 0 Å². The lowest BCUT2D eigenvalue weighted by atomic mass is 9.66. The molecule has 0 aromatic carbocycles. The number of carbonyl (C=O) groups is 5. The summed E-state index contributed by atoms with van der Waals surface area (Å²) in [4.78, 5) is 64.9. The molecule has 2 aliphatic heterocycles. The molecule has 0 aromatic heterocycles. The van der Waals surface area contributed by atoms with Crippen molar-refractivity contribution in [1.29, 1.82) is 0 Å². The van der Waals surface area contributed by atoms with Crippen LogP contribution in [0.4, 0.5) is 0 Å². The Morgan fingerprint density at radius 2 is 1.00 bits per heavy atom. The van der Waals surface area contributed by atoms with Gasteiger partial charge in [-0.25, -0.2) is 9.59 Å². The van der Waals surface area contributed by atoms with Crippen molar-refractivity contribution in [3.63, 3.8) is 0 Å². The summed E-state index contributed by atoms with van der Waals surface area (Å²) >= 11 is 0. The second-order valence-corrected chi connectivity index (χ2v) is 13.6. The van der Waals surface area contributed by atoms with E-state index in [0.717, 1.165) is 6.92 Å². The maximum atomic E-state index is 13.7. The Morgan fingerprint density at radius 1 is 0.634 bits per heavy atom. The first-order valence-corrected chi connectivity index (χ1v) is 13.8. The van der Waals surface area contributed by atoms with Crippen LogP contribution in [-0.4, -0.2) is 93.0 Å². The highest BCUT2D eigenvalue weighted by Gasteiger charge is 2.78. The molecule has 5 rings (SSSR count). The molecule has 0 spiro atoms. The Morgan fingerprint density at radius 3 is 1.27 bits per heavy atom. The fourth-order valence-electron chi connectivity index (χ4n) is 7.61. The van der Waals surface area contributed by atoms with Crippen molar-refractivity contribution in [3.05, 3.63) is 0 Å². The van der Waals surface area contributed by atoms with Crippen molar-refractivity contribution < 1.29 is 63.0 Å². The van der Waals surface area contributed by atoms with Gasteiger partial charge in [0.25, 0.3) is 0 Å². The number of aliphatic hydroxyl groups excluding tert-OH is 3. The maximum absolute atomic E-state index is 13.7. The van der Waals surface area contributed by atoms with Gasteiger partial charge in [0.1, 0.15) is 18.3 Å². The lowest BCUT2D eigenvalue weighted by Crippen LogP contribution is -2.68.